The van der Waals surface area contributed by atoms with Crippen molar-refractivity contribution in [1.82, 2.24) is 0 Å². The molecule has 1 N–H and O–H groups in total. The summed E-state index contributed by atoms with van der Waals surface area (Å²) in [4.78, 5) is 22.7. The van der Waals surface area contributed by atoms with Crippen molar-refractivity contribution >= 4 is 40.5 Å². The summed E-state index contributed by atoms with van der Waals surface area (Å²) in [5.41, 5.74) is 0.313. The van der Waals surface area contributed by atoms with E-state index in [0.29, 0.717) is 0 Å². The number of thiophene rings is 1. The molecule has 0 spiro atoms. The molecule has 0 radical (unpaired) electrons. The highest BCUT2D eigenvalue weighted by Gasteiger charge is 2.19. The number of alkyl halides is 1. The zero-order valence-corrected chi connectivity index (χ0v) is 9.82. The molecule has 16 heavy (non-hydrogen) atoms. The number of carbonyl (C=O) groups is 2. The van der Waals surface area contributed by atoms with Crippen LogP contribution < -0.4 is 5.32 Å². The van der Waals surface area contributed by atoms with Crippen LogP contribution in [0.3, 0.4) is 0 Å². The van der Waals surface area contributed by atoms with Crippen LogP contribution in [0.15, 0.2) is 5.38 Å². The summed E-state index contributed by atoms with van der Waals surface area (Å²) in [5, 5.41) is 12.6. The molecule has 0 fully saturated rings. The fraction of sp³-hybridized carbons (Fsp3) is 0.222. The Hall–Kier alpha value is -1.58. The second-order valence-electron chi connectivity index (χ2n) is 2.64. The quantitative estimate of drug-likeness (QED) is 0.659. The Labute approximate surface area is 101 Å². The summed E-state index contributed by atoms with van der Waals surface area (Å²) < 4.78 is 4.52. The van der Waals surface area contributed by atoms with E-state index in [1.807, 2.05) is 6.07 Å². The molecule has 1 aromatic heterocycles. The van der Waals surface area contributed by atoms with Crippen LogP contribution >= 0.6 is 22.9 Å². The van der Waals surface area contributed by atoms with Gasteiger partial charge in [-0.05, 0) is 0 Å². The summed E-state index contributed by atoms with van der Waals surface area (Å²) in [5.74, 6) is -1.34. The molecular formula is C9H7ClN2O3S. The van der Waals surface area contributed by atoms with Crippen molar-refractivity contribution in [3.8, 4) is 6.07 Å². The van der Waals surface area contributed by atoms with Gasteiger partial charge in [0.05, 0.1) is 18.4 Å². The van der Waals surface area contributed by atoms with E-state index in [1.165, 1.54) is 12.5 Å². The third-order valence-corrected chi connectivity index (χ3v) is 2.81. The number of hydrogen-bond donors (Lipinski definition) is 1. The van der Waals surface area contributed by atoms with Crippen LogP contribution in [0.1, 0.15) is 15.2 Å². The summed E-state index contributed by atoms with van der Waals surface area (Å²) in [6, 6.07) is 1.88. The monoisotopic (exact) mass is 258 g/mol. The molecule has 5 nitrogen and oxygen atoms in total. The number of nitrogens with one attached hydrogen (secondary N) is 1. The number of carbonyl (C=O) groups excluding carboxylic acids is 2. The summed E-state index contributed by atoms with van der Waals surface area (Å²) >= 11 is 6.38. The Balaban J connectivity index is 3.12. The van der Waals surface area contributed by atoms with Gasteiger partial charge in [-0.3, -0.25) is 4.79 Å². The van der Waals surface area contributed by atoms with E-state index in [-0.39, 0.29) is 22.0 Å². The van der Waals surface area contributed by atoms with Crippen LogP contribution in [0.2, 0.25) is 0 Å². The molecule has 0 aromatic carbocycles. The number of amides is 1. The number of ether oxygens (including phenoxy) is 1. The van der Waals surface area contributed by atoms with E-state index in [0.717, 1.165) is 11.3 Å². The predicted octanol–water partition coefficient (Wildman–Crippen LogP) is 1.58. The molecule has 1 rings (SSSR count). The third-order valence-electron chi connectivity index (χ3n) is 1.68. The molecule has 0 unspecified atom stereocenters. The highest BCUT2D eigenvalue weighted by atomic mass is 35.5. The molecule has 0 atom stereocenters. The molecule has 0 saturated heterocycles. The number of anilines is 1. The Kier molecular flexibility index (Phi) is 4.28. The van der Waals surface area contributed by atoms with Crippen LogP contribution in [-0.4, -0.2) is 24.9 Å². The van der Waals surface area contributed by atoms with Crippen LogP contribution in [0.25, 0.3) is 0 Å². The van der Waals surface area contributed by atoms with Gasteiger partial charge in [-0.2, -0.15) is 5.26 Å². The van der Waals surface area contributed by atoms with E-state index in [4.69, 9.17) is 16.9 Å². The van der Waals surface area contributed by atoms with Gasteiger partial charge in [0.15, 0.2) is 0 Å². The number of methoxy groups -OCH3 is 1. The Morgan fingerprint density at radius 2 is 2.38 bits per heavy atom. The molecule has 84 valence electrons. The first-order chi connectivity index (χ1) is 7.63. The van der Waals surface area contributed by atoms with Gasteiger partial charge < -0.3 is 10.1 Å². The molecule has 0 bridgehead atoms. The van der Waals surface area contributed by atoms with Crippen LogP contribution in [-0.2, 0) is 9.53 Å². The van der Waals surface area contributed by atoms with Crippen LogP contribution in [0.4, 0.5) is 5.69 Å². The summed E-state index contributed by atoms with van der Waals surface area (Å²) in [7, 11) is 1.22. The molecule has 7 heteroatoms. The zero-order valence-electron chi connectivity index (χ0n) is 8.24. The van der Waals surface area contributed by atoms with Gasteiger partial charge in [0.25, 0.3) is 0 Å². The number of nitriles is 1. The van der Waals surface area contributed by atoms with Gasteiger partial charge in [0, 0.05) is 5.38 Å². The number of nitrogens with zero attached hydrogens (tertiary/aromatic N) is 1. The maximum absolute atomic E-state index is 11.3. The SMILES string of the molecule is COC(=O)c1csc(C#N)c1NC(=O)CCl. The molecule has 1 aromatic rings. The largest absolute Gasteiger partial charge is 0.465 e. The average Bonchev–Trinajstić information content (AvgIpc) is 2.70. The second kappa shape index (κ2) is 5.49. The van der Waals surface area contributed by atoms with E-state index in [9.17, 15) is 9.59 Å². The maximum atomic E-state index is 11.3. The first-order valence-electron chi connectivity index (χ1n) is 4.09. The van der Waals surface area contributed by atoms with Crippen molar-refractivity contribution in [2.45, 2.75) is 0 Å². The van der Waals surface area contributed by atoms with Crippen molar-refractivity contribution in [2.75, 3.05) is 18.3 Å². The first kappa shape index (κ1) is 12.5. The molecule has 0 aliphatic carbocycles. The fourth-order valence-corrected chi connectivity index (χ4v) is 1.85. The lowest BCUT2D eigenvalue weighted by atomic mass is 10.2. The topological polar surface area (TPSA) is 79.2 Å². The highest BCUT2D eigenvalue weighted by molar-refractivity contribution is 7.11. The molecule has 0 saturated carbocycles. The smallest absolute Gasteiger partial charge is 0.340 e. The fourth-order valence-electron chi connectivity index (χ4n) is 0.997. The van der Waals surface area contributed by atoms with Gasteiger partial charge >= 0.3 is 5.97 Å². The van der Waals surface area contributed by atoms with Gasteiger partial charge in [-0.25, -0.2) is 4.79 Å². The van der Waals surface area contributed by atoms with Crippen molar-refractivity contribution in [3.05, 3.63) is 15.8 Å². The normalized spacial score (nSPS) is 9.31. The van der Waals surface area contributed by atoms with Gasteiger partial charge in [-0.15, -0.1) is 22.9 Å². The van der Waals surface area contributed by atoms with Crippen molar-refractivity contribution < 1.29 is 14.3 Å². The third kappa shape index (κ3) is 2.51. The van der Waals surface area contributed by atoms with E-state index in [2.05, 4.69) is 10.1 Å². The number of hydrogen-bond acceptors (Lipinski definition) is 5. The average molecular weight is 259 g/mol. The molecule has 0 aliphatic heterocycles. The Morgan fingerprint density at radius 3 is 2.88 bits per heavy atom. The van der Waals surface area contributed by atoms with Crippen molar-refractivity contribution in [1.29, 1.82) is 5.26 Å². The Bertz CT molecular complexity index is 464. The lowest BCUT2D eigenvalue weighted by Gasteiger charge is -2.04. The van der Waals surface area contributed by atoms with Crippen LogP contribution in [0.5, 0.6) is 0 Å². The zero-order chi connectivity index (χ0) is 12.1. The molecule has 1 amide bonds. The van der Waals surface area contributed by atoms with Gasteiger partial charge in [-0.1, -0.05) is 0 Å². The van der Waals surface area contributed by atoms with Crippen LogP contribution in [0, 0.1) is 11.3 Å². The minimum atomic E-state index is -0.609. The Morgan fingerprint density at radius 1 is 1.69 bits per heavy atom. The molecule has 0 aliphatic rings. The number of esters is 1. The van der Waals surface area contributed by atoms with Crippen molar-refractivity contribution in [2.24, 2.45) is 0 Å². The molecular weight excluding hydrogens is 252 g/mol. The standard InChI is InChI=1S/C9H7ClN2O3S/c1-15-9(14)5-4-16-6(3-11)8(5)12-7(13)2-10/h4H,2H2,1H3,(H,12,13). The van der Waals surface area contributed by atoms with Gasteiger partial charge in [0.2, 0.25) is 5.91 Å². The van der Waals surface area contributed by atoms with E-state index in [1.54, 1.807) is 0 Å². The minimum absolute atomic E-state index is 0.155. The predicted molar refractivity (Wildman–Crippen MR) is 59.7 cm³/mol. The highest BCUT2D eigenvalue weighted by Crippen LogP contribution is 2.28. The van der Waals surface area contributed by atoms with E-state index < -0.39 is 11.9 Å². The minimum Gasteiger partial charge on any atom is -0.465 e. The molecule has 1 heterocycles. The van der Waals surface area contributed by atoms with Crippen molar-refractivity contribution in [3.63, 3.8) is 0 Å². The van der Waals surface area contributed by atoms with E-state index >= 15 is 0 Å². The number of halogens is 1. The summed E-state index contributed by atoms with van der Waals surface area (Å²) in [6.07, 6.45) is 0. The lowest BCUT2D eigenvalue weighted by molar-refractivity contribution is -0.113. The lowest BCUT2D eigenvalue weighted by Crippen LogP contribution is -2.15. The first-order valence-corrected chi connectivity index (χ1v) is 5.51. The second-order valence-corrected chi connectivity index (χ2v) is 3.79. The van der Waals surface area contributed by atoms with Gasteiger partial charge in [0.1, 0.15) is 16.8 Å². The number of rotatable bonds is 3. The summed E-state index contributed by atoms with van der Waals surface area (Å²) in [6.45, 7) is 0. The maximum Gasteiger partial charge on any atom is 0.340 e.